The Bertz CT molecular complexity index is 444. The molecule has 0 aromatic carbocycles. The summed E-state index contributed by atoms with van der Waals surface area (Å²) in [6.07, 6.45) is 1.19. The van der Waals surface area contributed by atoms with E-state index in [2.05, 4.69) is 38.4 Å². The average molecular weight is 375 g/mol. The van der Waals surface area contributed by atoms with Gasteiger partial charge in [0.15, 0.2) is 0 Å². The van der Waals surface area contributed by atoms with Gasteiger partial charge in [0.1, 0.15) is 5.50 Å². The van der Waals surface area contributed by atoms with Gasteiger partial charge in [-0.05, 0) is 19.1 Å². The zero-order valence-electron chi connectivity index (χ0n) is 14.4. The maximum atomic E-state index is 10.3. The minimum atomic E-state index is -0.287. The number of rotatable bonds is 5. The molecule has 8 atom stereocenters. The first kappa shape index (κ1) is 17.8. The molecule has 0 radical (unpaired) electrons. The summed E-state index contributed by atoms with van der Waals surface area (Å²) in [5.74, 6) is 1.10. The van der Waals surface area contributed by atoms with E-state index in [1.54, 1.807) is 0 Å². The van der Waals surface area contributed by atoms with Crippen LogP contribution in [0.4, 0.5) is 0 Å². The van der Waals surface area contributed by atoms with Crippen molar-refractivity contribution in [2.75, 3.05) is 25.6 Å². The van der Waals surface area contributed by atoms with Crippen molar-refractivity contribution in [1.82, 2.24) is 31.5 Å². The Labute approximate surface area is 152 Å². The van der Waals surface area contributed by atoms with Crippen molar-refractivity contribution in [1.29, 1.82) is 0 Å². The Morgan fingerprint density at radius 1 is 1.25 bits per heavy atom. The van der Waals surface area contributed by atoms with E-state index in [0.717, 1.165) is 32.1 Å². The maximum absolute atomic E-state index is 10.3. The molecule has 0 spiro atoms. The molecular formula is C15H30N6OS2. The van der Waals surface area contributed by atoms with Gasteiger partial charge in [-0.25, -0.2) is 0 Å². The van der Waals surface area contributed by atoms with Crippen molar-refractivity contribution >= 4 is 23.5 Å². The first-order valence-corrected chi connectivity index (χ1v) is 11.0. The van der Waals surface area contributed by atoms with Crippen molar-refractivity contribution < 1.29 is 5.11 Å². The fourth-order valence-electron chi connectivity index (χ4n) is 4.42. The van der Waals surface area contributed by atoms with E-state index in [9.17, 15) is 5.11 Å². The van der Waals surface area contributed by atoms with Gasteiger partial charge in [0, 0.05) is 31.2 Å². The predicted octanol–water partition coefficient (Wildman–Crippen LogP) is -1.13. The lowest BCUT2D eigenvalue weighted by atomic mass is 10.0. The molecule has 4 aliphatic rings. The lowest BCUT2D eigenvalue weighted by molar-refractivity contribution is 0.0794. The highest BCUT2D eigenvalue weighted by Crippen LogP contribution is 2.37. The second-order valence-electron chi connectivity index (χ2n) is 7.25. The lowest BCUT2D eigenvalue weighted by Crippen LogP contribution is -2.62. The summed E-state index contributed by atoms with van der Waals surface area (Å²) < 4.78 is 0. The molecule has 4 saturated heterocycles. The molecule has 9 heteroatoms. The third-order valence-electron chi connectivity index (χ3n) is 5.47. The third kappa shape index (κ3) is 3.47. The second kappa shape index (κ2) is 7.58. The monoisotopic (exact) mass is 374 g/mol. The molecule has 4 aliphatic heterocycles. The number of aliphatic hydroxyl groups excluding tert-OH is 1. The molecule has 0 bridgehead atoms. The van der Waals surface area contributed by atoms with Gasteiger partial charge in [-0.15, -0.1) is 23.5 Å². The molecule has 138 valence electrons. The summed E-state index contributed by atoms with van der Waals surface area (Å²) in [6.45, 7) is 7.03. The summed E-state index contributed by atoms with van der Waals surface area (Å²) in [6, 6.07) is 1.06. The molecule has 4 heterocycles. The summed E-state index contributed by atoms with van der Waals surface area (Å²) in [7, 11) is 0. The Kier molecular flexibility index (Phi) is 5.62. The van der Waals surface area contributed by atoms with Crippen LogP contribution in [0, 0.1) is 0 Å². The summed E-state index contributed by atoms with van der Waals surface area (Å²) in [4.78, 5) is 2.47. The van der Waals surface area contributed by atoms with E-state index in [4.69, 9.17) is 0 Å². The quantitative estimate of drug-likeness (QED) is 0.358. The van der Waals surface area contributed by atoms with E-state index in [0.29, 0.717) is 34.4 Å². The summed E-state index contributed by atoms with van der Waals surface area (Å²) in [5, 5.41) is 29.1. The van der Waals surface area contributed by atoms with E-state index in [-0.39, 0.29) is 12.1 Å². The molecule has 0 aromatic heterocycles. The Morgan fingerprint density at radius 3 is 2.83 bits per heavy atom. The van der Waals surface area contributed by atoms with Gasteiger partial charge in [0.05, 0.1) is 29.7 Å². The first-order valence-electron chi connectivity index (χ1n) is 9.04. The first-order chi connectivity index (χ1) is 11.6. The molecule has 24 heavy (non-hydrogen) atoms. The van der Waals surface area contributed by atoms with Crippen molar-refractivity contribution in [2.24, 2.45) is 0 Å². The largest absolute Gasteiger partial charge is 0.392 e. The number of fused-ring (bicyclic) bond motifs is 2. The highest BCUT2D eigenvalue weighted by Gasteiger charge is 2.47. The smallest absolute Gasteiger partial charge is 0.109 e. The second-order valence-corrected chi connectivity index (χ2v) is 10.0. The highest BCUT2D eigenvalue weighted by molar-refractivity contribution is 8.00. The topological polar surface area (TPSA) is 83.6 Å². The van der Waals surface area contributed by atoms with Crippen LogP contribution in [0.2, 0.25) is 0 Å². The zero-order valence-corrected chi connectivity index (χ0v) is 16.0. The number of hydrogen-bond donors (Lipinski definition) is 6. The van der Waals surface area contributed by atoms with Crippen LogP contribution in [0.25, 0.3) is 0 Å². The highest BCUT2D eigenvalue weighted by atomic mass is 32.2. The number of aliphatic hydroxyl groups is 1. The number of nitrogens with zero attached hydrogens (tertiary/aromatic N) is 1. The van der Waals surface area contributed by atoms with Crippen LogP contribution in [0.5, 0.6) is 0 Å². The van der Waals surface area contributed by atoms with Gasteiger partial charge in [-0.1, -0.05) is 6.92 Å². The lowest BCUT2D eigenvalue weighted by Gasteiger charge is -2.35. The van der Waals surface area contributed by atoms with Crippen molar-refractivity contribution in [3.8, 4) is 0 Å². The van der Waals surface area contributed by atoms with Crippen molar-refractivity contribution in [3.05, 3.63) is 0 Å². The van der Waals surface area contributed by atoms with Gasteiger partial charge in [-0.2, -0.15) is 0 Å². The van der Waals surface area contributed by atoms with Crippen LogP contribution in [0.3, 0.4) is 0 Å². The van der Waals surface area contributed by atoms with Crippen LogP contribution in [0.1, 0.15) is 20.3 Å². The van der Waals surface area contributed by atoms with E-state index < -0.39 is 0 Å². The molecule has 7 nitrogen and oxygen atoms in total. The molecule has 6 N–H and O–H groups in total. The van der Waals surface area contributed by atoms with Crippen molar-refractivity contribution in [3.63, 3.8) is 0 Å². The standard InChI is InChI=1S/C15H30N6OS2/c1-8-5-21-12(9(2)22)10(20-15(21)24-8)3-4-23-14-11-13(17-6-16-11)18-7-19-14/h8-20,22H,3-7H2,1-2H3/t8?,9-,10?,11?,12?,13?,14?,15?/m1/s1. The molecule has 0 saturated carbocycles. The fourth-order valence-corrected chi connectivity index (χ4v) is 7.06. The van der Waals surface area contributed by atoms with Crippen LogP contribution in [-0.2, 0) is 0 Å². The molecular weight excluding hydrogens is 344 g/mol. The Balaban J connectivity index is 1.29. The van der Waals surface area contributed by atoms with Gasteiger partial charge in [0.2, 0.25) is 0 Å². The summed E-state index contributed by atoms with van der Waals surface area (Å²) >= 11 is 4.00. The molecule has 4 rings (SSSR count). The number of hydrogen-bond acceptors (Lipinski definition) is 9. The van der Waals surface area contributed by atoms with E-state index in [1.807, 2.05) is 30.4 Å². The van der Waals surface area contributed by atoms with Crippen LogP contribution >= 0.6 is 23.5 Å². The molecule has 0 amide bonds. The number of thioether (sulfide) groups is 2. The normalized spacial score (nSPS) is 46.9. The van der Waals surface area contributed by atoms with E-state index in [1.165, 1.54) is 0 Å². The Morgan fingerprint density at radius 2 is 2.04 bits per heavy atom. The fraction of sp³-hybridized carbons (Fsp3) is 1.00. The van der Waals surface area contributed by atoms with Gasteiger partial charge >= 0.3 is 0 Å². The van der Waals surface area contributed by atoms with Gasteiger partial charge in [-0.3, -0.25) is 31.5 Å². The molecule has 0 aromatic rings. The Hall–Kier alpha value is 0.420. The van der Waals surface area contributed by atoms with Crippen LogP contribution in [-0.4, -0.2) is 82.2 Å². The third-order valence-corrected chi connectivity index (χ3v) is 8.04. The van der Waals surface area contributed by atoms with Crippen molar-refractivity contribution in [2.45, 2.75) is 66.8 Å². The number of nitrogens with one attached hydrogen (secondary N) is 5. The molecule has 4 fully saturated rings. The maximum Gasteiger partial charge on any atom is 0.109 e. The van der Waals surface area contributed by atoms with Crippen LogP contribution < -0.4 is 26.6 Å². The summed E-state index contributed by atoms with van der Waals surface area (Å²) in [5.41, 5.74) is 0.386. The predicted molar refractivity (Wildman–Crippen MR) is 101 cm³/mol. The van der Waals surface area contributed by atoms with Gasteiger partial charge in [0.25, 0.3) is 0 Å². The SMILES string of the molecule is CC1CN2C(NC(CCSC3NCNC4NCNC43)C2[C@@H](C)O)S1. The van der Waals surface area contributed by atoms with E-state index >= 15 is 0 Å². The average Bonchev–Trinajstić information content (AvgIpc) is 3.20. The zero-order chi connectivity index (χ0) is 16.7. The minimum Gasteiger partial charge on any atom is -0.392 e. The van der Waals surface area contributed by atoms with Crippen LogP contribution in [0.15, 0.2) is 0 Å². The molecule has 7 unspecified atom stereocenters. The minimum absolute atomic E-state index is 0.244. The molecule has 0 aliphatic carbocycles. The van der Waals surface area contributed by atoms with Gasteiger partial charge < -0.3 is 5.11 Å².